The van der Waals surface area contributed by atoms with Crippen molar-refractivity contribution < 1.29 is 19.0 Å². The number of nitrogens with one attached hydrogen (secondary N) is 1. The minimum atomic E-state index is -0.226. The van der Waals surface area contributed by atoms with Gasteiger partial charge in [0.1, 0.15) is 5.75 Å². The van der Waals surface area contributed by atoms with Gasteiger partial charge in [-0.05, 0) is 51.8 Å². The molecule has 0 spiro atoms. The van der Waals surface area contributed by atoms with Crippen molar-refractivity contribution in [2.45, 2.75) is 0 Å². The first-order chi connectivity index (χ1) is 11.2. The van der Waals surface area contributed by atoms with E-state index in [1.807, 2.05) is 18.2 Å². The SMILES string of the molecule is COc1ccc(/C=C\C(=O)Nc2ccc3c(c2)OCO3)cc1Br. The van der Waals surface area contributed by atoms with Gasteiger partial charge >= 0.3 is 0 Å². The van der Waals surface area contributed by atoms with Gasteiger partial charge in [0.05, 0.1) is 11.6 Å². The first-order valence-corrected chi connectivity index (χ1v) is 7.67. The number of fused-ring (bicyclic) bond motifs is 1. The van der Waals surface area contributed by atoms with E-state index in [9.17, 15) is 4.79 Å². The Bertz CT molecular complexity index is 773. The van der Waals surface area contributed by atoms with Crippen LogP contribution in [0.25, 0.3) is 6.08 Å². The molecule has 1 aliphatic rings. The fourth-order valence-electron chi connectivity index (χ4n) is 2.12. The molecule has 0 radical (unpaired) electrons. The Hall–Kier alpha value is -2.47. The Kier molecular flexibility index (Phi) is 4.52. The van der Waals surface area contributed by atoms with Gasteiger partial charge in [0.2, 0.25) is 12.7 Å². The molecule has 0 fully saturated rings. The lowest BCUT2D eigenvalue weighted by molar-refractivity contribution is -0.111. The molecule has 2 aromatic rings. The minimum absolute atomic E-state index is 0.207. The molecule has 6 heteroatoms. The van der Waals surface area contributed by atoms with E-state index in [1.165, 1.54) is 6.08 Å². The van der Waals surface area contributed by atoms with Crippen LogP contribution in [0.2, 0.25) is 0 Å². The Morgan fingerprint density at radius 2 is 2.04 bits per heavy atom. The van der Waals surface area contributed by atoms with Gasteiger partial charge in [0.25, 0.3) is 0 Å². The van der Waals surface area contributed by atoms with Crippen molar-refractivity contribution in [1.82, 2.24) is 0 Å². The fourth-order valence-corrected chi connectivity index (χ4v) is 2.67. The number of halogens is 1. The van der Waals surface area contributed by atoms with Crippen molar-refractivity contribution in [3.05, 3.63) is 52.5 Å². The molecule has 118 valence electrons. The van der Waals surface area contributed by atoms with E-state index >= 15 is 0 Å². The molecule has 0 aromatic heterocycles. The van der Waals surface area contributed by atoms with Gasteiger partial charge in [-0.2, -0.15) is 0 Å². The van der Waals surface area contributed by atoms with Crippen LogP contribution in [0.1, 0.15) is 5.56 Å². The molecule has 0 atom stereocenters. The molecule has 0 aliphatic carbocycles. The van der Waals surface area contributed by atoms with E-state index in [0.717, 1.165) is 15.8 Å². The molecule has 1 amide bonds. The smallest absolute Gasteiger partial charge is 0.248 e. The van der Waals surface area contributed by atoms with Crippen molar-refractivity contribution in [3.8, 4) is 17.2 Å². The number of methoxy groups -OCH3 is 1. The lowest BCUT2D eigenvalue weighted by Gasteiger charge is -2.04. The van der Waals surface area contributed by atoms with E-state index in [-0.39, 0.29) is 12.7 Å². The summed E-state index contributed by atoms with van der Waals surface area (Å²) in [6.07, 6.45) is 3.20. The molecule has 2 aromatic carbocycles. The molecule has 3 rings (SSSR count). The van der Waals surface area contributed by atoms with Crippen molar-refractivity contribution in [2.24, 2.45) is 0 Å². The Labute approximate surface area is 142 Å². The number of carbonyl (C=O) groups is 1. The second kappa shape index (κ2) is 6.75. The normalized spacial score (nSPS) is 12.4. The first-order valence-electron chi connectivity index (χ1n) is 6.88. The summed E-state index contributed by atoms with van der Waals surface area (Å²) < 4.78 is 16.5. The van der Waals surface area contributed by atoms with Crippen molar-refractivity contribution >= 4 is 33.6 Å². The number of anilines is 1. The zero-order valence-electron chi connectivity index (χ0n) is 12.3. The summed E-state index contributed by atoms with van der Waals surface area (Å²) in [6, 6.07) is 10.8. The quantitative estimate of drug-likeness (QED) is 0.824. The van der Waals surface area contributed by atoms with Gasteiger partial charge in [0, 0.05) is 17.8 Å². The summed E-state index contributed by atoms with van der Waals surface area (Å²) in [7, 11) is 1.61. The maximum Gasteiger partial charge on any atom is 0.248 e. The van der Waals surface area contributed by atoms with Gasteiger partial charge in [0.15, 0.2) is 11.5 Å². The molecule has 0 saturated carbocycles. The van der Waals surface area contributed by atoms with Gasteiger partial charge in [-0.15, -0.1) is 0 Å². The monoisotopic (exact) mass is 375 g/mol. The second-order valence-corrected chi connectivity index (χ2v) is 5.64. The zero-order valence-corrected chi connectivity index (χ0v) is 13.9. The molecule has 23 heavy (non-hydrogen) atoms. The number of ether oxygens (including phenoxy) is 3. The highest BCUT2D eigenvalue weighted by molar-refractivity contribution is 9.10. The molecule has 0 bridgehead atoms. The average Bonchev–Trinajstić information content (AvgIpc) is 3.01. The van der Waals surface area contributed by atoms with Gasteiger partial charge in [-0.3, -0.25) is 4.79 Å². The third-order valence-electron chi connectivity index (χ3n) is 3.24. The van der Waals surface area contributed by atoms with Crippen LogP contribution in [-0.4, -0.2) is 19.8 Å². The summed E-state index contributed by atoms with van der Waals surface area (Å²) in [5, 5.41) is 2.78. The number of hydrogen-bond acceptors (Lipinski definition) is 4. The largest absolute Gasteiger partial charge is 0.496 e. The second-order valence-electron chi connectivity index (χ2n) is 4.78. The van der Waals surface area contributed by atoms with Crippen LogP contribution in [0.3, 0.4) is 0 Å². The number of hydrogen-bond donors (Lipinski definition) is 1. The summed E-state index contributed by atoms with van der Waals surface area (Å²) in [5.41, 5.74) is 1.54. The predicted octanol–water partition coefficient (Wildman–Crippen LogP) is 3.84. The third kappa shape index (κ3) is 3.65. The topological polar surface area (TPSA) is 56.8 Å². The van der Waals surface area contributed by atoms with E-state index in [1.54, 1.807) is 31.4 Å². The maximum absolute atomic E-state index is 12.0. The Balaban J connectivity index is 1.66. The molecule has 1 N–H and O–H groups in total. The van der Waals surface area contributed by atoms with Crippen LogP contribution >= 0.6 is 15.9 Å². The number of benzene rings is 2. The van der Waals surface area contributed by atoms with Crippen molar-refractivity contribution in [1.29, 1.82) is 0 Å². The van der Waals surface area contributed by atoms with Gasteiger partial charge in [-0.25, -0.2) is 0 Å². The average molecular weight is 376 g/mol. The molecule has 1 heterocycles. The van der Waals surface area contributed by atoms with Crippen LogP contribution in [0.15, 0.2) is 46.9 Å². The van der Waals surface area contributed by atoms with Gasteiger partial charge < -0.3 is 19.5 Å². The fraction of sp³-hybridized carbons (Fsp3) is 0.118. The van der Waals surface area contributed by atoms with Crippen LogP contribution in [0.5, 0.6) is 17.2 Å². The van der Waals surface area contributed by atoms with Crippen LogP contribution in [-0.2, 0) is 4.79 Å². The van der Waals surface area contributed by atoms with Crippen molar-refractivity contribution in [3.63, 3.8) is 0 Å². The molecule has 1 aliphatic heterocycles. The number of rotatable bonds is 4. The van der Waals surface area contributed by atoms with E-state index < -0.39 is 0 Å². The number of amides is 1. The standard InChI is InChI=1S/C17H14BrNO4/c1-21-14-5-2-11(8-13(14)18)3-7-17(20)19-12-4-6-15-16(9-12)23-10-22-15/h2-9H,10H2,1H3,(H,19,20)/b7-3-. The van der Waals surface area contributed by atoms with E-state index in [0.29, 0.717) is 17.2 Å². The lowest BCUT2D eigenvalue weighted by Crippen LogP contribution is -2.07. The van der Waals surface area contributed by atoms with E-state index in [4.69, 9.17) is 14.2 Å². The van der Waals surface area contributed by atoms with Gasteiger partial charge in [-0.1, -0.05) is 6.07 Å². The third-order valence-corrected chi connectivity index (χ3v) is 3.86. The van der Waals surface area contributed by atoms with Crippen molar-refractivity contribution in [2.75, 3.05) is 19.2 Å². The summed E-state index contributed by atoms with van der Waals surface area (Å²) in [5.74, 6) is 1.83. The number of carbonyl (C=O) groups excluding carboxylic acids is 1. The van der Waals surface area contributed by atoms with Crippen LogP contribution in [0, 0.1) is 0 Å². The molecule has 0 saturated heterocycles. The Morgan fingerprint density at radius 3 is 2.83 bits per heavy atom. The lowest BCUT2D eigenvalue weighted by atomic mass is 10.2. The maximum atomic E-state index is 12.0. The summed E-state index contributed by atoms with van der Waals surface area (Å²) in [4.78, 5) is 12.0. The summed E-state index contributed by atoms with van der Waals surface area (Å²) >= 11 is 3.41. The molecule has 5 nitrogen and oxygen atoms in total. The molecule has 0 unspecified atom stereocenters. The Morgan fingerprint density at radius 1 is 1.22 bits per heavy atom. The molecular weight excluding hydrogens is 362 g/mol. The first kappa shape index (κ1) is 15.4. The minimum Gasteiger partial charge on any atom is -0.496 e. The van der Waals surface area contributed by atoms with Crippen LogP contribution in [0.4, 0.5) is 5.69 Å². The molecular formula is C17H14BrNO4. The van der Waals surface area contributed by atoms with Crippen LogP contribution < -0.4 is 19.5 Å². The highest BCUT2D eigenvalue weighted by Crippen LogP contribution is 2.34. The highest BCUT2D eigenvalue weighted by atomic mass is 79.9. The predicted molar refractivity (Wildman–Crippen MR) is 90.9 cm³/mol. The zero-order chi connectivity index (χ0) is 16.2. The van der Waals surface area contributed by atoms with E-state index in [2.05, 4.69) is 21.2 Å². The highest BCUT2D eigenvalue weighted by Gasteiger charge is 2.13. The summed E-state index contributed by atoms with van der Waals surface area (Å²) in [6.45, 7) is 0.207.